The van der Waals surface area contributed by atoms with Crippen LogP contribution in [0.5, 0.6) is 0 Å². The number of amides is 1. The summed E-state index contributed by atoms with van der Waals surface area (Å²) in [4.78, 5) is 17.7. The Labute approximate surface area is 180 Å². The first-order chi connectivity index (χ1) is 14.3. The lowest BCUT2D eigenvalue weighted by Gasteiger charge is -2.39. The molecule has 1 aromatic carbocycles. The maximum atomic E-state index is 12.5. The molecule has 3 aliphatic rings. The third kappa shape index (κ3) is 6.47. The van der Waals surface area contributed by atoms with E-state index in [-0.39, 0.29) is 5.91 Å². The topological polar surface area (TPSA) is 35.6 Å². The molecule has 3 heterocycles. The molecule has 4 rings (SSSR count). The van der Waals surface area contributed by atoms with Gasteiger partial charge in [0.1, 0.15) is 0 Å². The molecule has 29 heavy (non-hydrogen) atoms. The van der Waals surface area contributed by atoms with E-state index in [4.69, 9.17) is 0 Å². The van der Waals surface area contributed by atoms with Crippen molar-refractivity contribution in [3.8, 4) is 0 Å². The molecule has 1 atom stereocenters. The fraction of sp³-hybridized carbons (Fsp3) is 0.708. The number of rotatable bonds is 7. The Morgan fingerprint density at radius 3 is 2.52 bits per heavy atom. The number of nitrogens with one attached hydrogen (secondary N) is 1. The lowest BCUT2D eigenvalue weighted by molar-refractivity contribution is -0.122. The molecule has 0 saturated carbocycles. The molecule has 1 N–H and O–H groups in total. The van der Waals surface area contributed by atoms with Gasteiger partial charge in [-0.2, -0.15) is 11.8 Å². The highest BCUT2D eigenvalue weighted by Gasteiger charge is 2.27. The van der Waals surface area contributed by atoms with Crippen LogP contribution >= 0.6 is 11.8 Å². The van der Waals surface area contributed by atoms with Gasteiger partial charge in [0.25, 0.3) is 0 Å². The van der Waals surface area contributed by atoms with Gasteiger partial charge < -0.3 is 10.2 Å². The van der Waals surface area contributed by atoms with Crippen molar-refractivity contribution in [2.45, 2.75) is 63.6 Å². The normalized spacial score (nSPS) is 25.3. The number of hydrogen-bond acceptors (Lipinski definition) is 4. The lowest BCUT2D eigenvalue weighted by atomic mass is 9.90. The number of benzene rings is 1. The van der Waals surface area contributed by atoms with Gasteiger partial charge in [0.05, 0.1) is 0 Å². The van der Waals surface area contributed by atoms with Crippen LogP contribution in [-0.4, -0.2) is 65.5 Å². The second-order valence-electron chi connectivity index (χ2n) is 9.14. The second-order valence-corrected chi connectivity index (χ2v) is 10.4. The number of piperidine rings is 1. The predicted octanol–water partition coefficient (Wildman–Crippen LogP) is 3.76. The van der Waals surface area contributed by atoms with Gasteiger partial charge in [-0.25, -0.2) is 0 Å². The minimum atomic E-state index is 0.267. The summed E-state index contributed by atoms with van der Waals surface area (Å²) >= 11 is 2.11. The summed E-state index contributed by atoms with van der Waals surface area (Å²) in [6.45, 7) is 5.56. The maximum Gasteiger partial charge on any atom is 0.220 e. The van der Waals surface area contributed by atoms with Gasteiger partial charge in [-0.05, 0) is 74.6 Å². The van der Waals surface area contributed by atoms with Gasteiger partial charge in [-0.1, -0.05) is 30.3 Å². The largest absolute Gasteiger partial charge is 0.352 e. The molecular formula is C24H37N3OS. The molecule has 3 saturated heterocycles. The van der Waals surface area contributed by atoms with Gasteiger partial charge in [-0.15, -0.1) is 0 Å². The number of thioether (sulfide) groups is 1. The third-order valence-corrected chi connectivity index (χ3v) is 8.07. The van der Waals surface area contributed by atoms with Crippen molar-refractivity contribution in [2.24, 2.45) is 5.92 Å². The zero-order valence-electron chi connectivity index (χ0n) is 17.7. The van der Waals surface area contributed by atoms with E-state index in [0.717, 1.165) is 44.4 Å². The van der Waals surface area contributed by atoms with E-state index in [1.807, 2.05) is 0 Å². The summed E-state index contributed by atoms with van der Waals surface area (Å²) < 4.78 is 0. The Kier molecular flexibility index (Phi) is 7.92. The fourth-order valence-electron chi connectivity index (χ4n) is 5.23. The van der Waals surface area contributed by atoms with E-state index < -0.39 is 0 Å². The first-order valence-corrected chi connectivity index (χ1v) is 12.8. The van der Waals surface area contributed by atoms with Gasteiger partial charge in [0.2, 0.25) is 5.91 Å². The Hall–Kier alpha value is -1.04. The van der Waals surface area contributed by atoms with Crippen molar-refractivity contribution in [1.82, 2.24) is 15.1 Å². The van der Waals surface area contributed by atoms with Crippen molar-refractivity contribution in [1.29, 1.82) is 0 Å². The first kappa shape index (κ1) is 21.2. The van der Waals surface area contributed by atoms with Gasteiger partial charge in [0, 0.05) is 38.1 Å². The molecule has 4 nitrogen and oxygen atoms in total. The number of carbonyl (C=O) groups excluding carboxylic acids is 1. The number of nitrogens with zero attached hydrogens (tertiary/aromatic N) is 2. The van der Waals surface area contributed by atoms with Crippen LogP contribution in [0.2, 0.25) is 0 Å². The molecule has 0 aliphatic carbocycles. The quantitative estimate of drug-likeness (QED) is 0.735. The maximum absolute atomic E-state index is 12.5. The van der Waals surface area contributed by atoms with Crippen LogP contribution in [-0.2, 0) is 11.3 Å². The minimum Gasteiger partial charge on any atom is -0.352 e. The van der Waals surface area contributed by atoms with Gasteiger partial charge in [0.15, 0.2) is 0 Å². The second kappa shape index (κ2) is 10.8. The molecule has 1 aromatic rings. The fourth-order valence-corrected chi connectivity index (χ4v) is 6.31. The molecule has 0 radical (unpaired) electrons. The monoisotopic (exact) mass is 415 g/mol. The SMILES string of the molecule is O=C(CCC1CCN(C2CCSCC2)CC1)NC1CCN(Cc2ccccc2)C1. The van der Waals surface area contributed by atoms with Gasteiger partial charge in [-0.3, -0.25) is 9.69 Å². The molecule has 160 valence electrons. The molecule has 0 aromatic heterocycles. The molecule has 1 amide bonds. The summed E-state index contributed by atoms with van der Waals surface area (Å²) in [7, 11) is 0. The summed E-state index contributed by atoms with van der Waals surface area (Å²) in [6.07, 6.45) is 8.18. The predicted molar refractivity (Wildman–Crippen MR) is 122 cm³/mol. The van der Waals surface area contributed by atoms with Crippen LogP contribution in [0, 0.1) is 5.92 Å². The van der Waals surface area contributed by atoms with E-state index >= 15 is 0 Å². The van der Waals surface area contributed by atoms with Crippen LogP contribution in [0.4, 0.5) is 0 Å². The Morgan fingerprint density at radius 2 is 1.76 bits per heavy atom. The van der Waals surface area contributed by atoms with Crippen LogP contribution in [0.1, 0.15) is 50.5 Å². The van der Waals surface area contributed by atoms with Crippen LogP contribution < -0.4 is 5.32 Å². The van der Waals surface area contributed by atoms with Crippen molar-refractivity contribution in [3.63, 3.8) is 0 Å². The summed E-state index contributed by atoms with van der Waals surface area (Å²) in [5.74, 6) is 3.69. The smallest absolute Gasteiger partial charge is 0.220 e. The van der Waals surface area contributed by atoms with Crippen LogP contribution in [0.3, 0.4) is 0 Å². The Morgan fingerprint density at radius 1 is 1.00 bits per heavy atom. The van der Waals surface area contributed by atoms with E-state index in [2.05, 4.69) is 57.2 Å². The van der Waals surface area contributed by atoms with Crippen molar-refractivity contribution in [2.75, 3.05) is 37.7 Å². The average Bonchev–Trinajstić information content (AvgIpc) is 3.20. The zero-order valence-corrected chi connectivity index (χ0v) is 18.5. The molecule has 3 fully saturated rings. The lowest BCUT2D eigenvalue weighted by Crippen LogP contribution is -2.43. The summed E-state index contributed by atoms with van der Waals surface area (Å²) in [6, 6.07) is 11.8. The minimum absolute atomic E-state index is 0.267. The number of hydrogen-bond donors (Lipinski definition) is 1. The van der Waals surface area contributed by atoms with Crippen LogP contribution in [0.25, 0.3) is 0 Å². The molecule has 0 bridgehead atoms. The van der Waals surface area contributed by atoms with E-state index in [0.29, 0.717) is 12.5 Å². The average molecular weight is 416 g/mol. The summed E-state index contributed by atoms with van der Waals surface area (Å²) in [5, 5.41) is 3.30. The first-order valence-electron chi connectivity index (χ1n) is 11.6. The van der Waals surface area contributed by atoms with Crippen LogP contribution in [0.15, 0.2) is 30.3 Å². The van der Waals surface area contributed by atoms with Crippen molar-refractivity contribution < 1.29 is 4.79 Å². The molecule has 1 unspecified atom stereocenters. The van der Waals surface area contributed by atoms with E-state index in [1.165, 1.54) is 55.8 Å². The molecule has 5 heteroatoms. The van der Waals surface area contributed by atoms with E-state index in [9.17, 15) is 4.79 Å². The molecule has 0 spiro atoms. The zero-order chi connectivity index (χ0) is 19.9. The Bertz CT molecular complexity index is 626. The molecular weight excluding hydrogens is 378 g/mol. The highest BCUT2D eigenvalue weighted by atomic mass is 32.2. The highest BCUT2D eigenvalue weighted by Crippen LogP contribution is 2.28. The number of likely N-dealkylation sites (tertiary alicyclic amines) is 2. The van der Waals surface area contributed by atoms with E-state index in [1.54, 1.807) is 0 Å². The standard InChI is InChI=1S/C24H37N3OS/c28-24(25-22-10-13-26(19-22)18-21-4-2-1-3-5-21)7-6-20-8-14-27(15-9-20)23-11-16-29-17-12-23/h1-5,20,22-23H,6-19H2,(H,25,28). The van der Waals surface area contributed by atoms with Crippen molar-refractivity contribution in [3.05, 3.63) is 35.9 Å². The third-order valence-electron chi connectivity index (χ3n) is 7.02. The highest BCUT2D eigenvalue weighted by molar-refractivity contribution is 7.99. The molecule has 3 aliphatic heterocycles. The number of carbonyl (C=O) groups is 1. The van der Waals surface area contributed by atoms with Gasteiger partial charge >= 0.3 is 0 Å². The summed E-state index contributed by atoms with van der Waals surface area (Å²) in [5.41, 5.74) is 1.36. The van der Waals surface area contributed by atoms with Crippen molar-refractivity contribution >= 4 is 17.7 Å². The Balaban J connectivity index is 1.10.